The van der Waals surface area contributed by atoms with Crippen LogP contribution in [0, 0.1) is 25.7 Å². The van der Waals surface area contributed by atoms with Gasteiger partial charge >= 0.3 is 5.69 Å². The number of amides is 2. The summed E-state index contributed by atoms with van der Waals surface area (Å²) in [7, 11) is 7.02. The van der Waals surface area contributed by atoms with Crippen molar-refractivity contribution >= 4 is 22.8 Å². The van der Waals surface area contributed by atoms with Crippen LogP contribution in [0.5, 0.6) is 11.5 Å². The van der Waals surface area contributed by atoms with Gasteiger partial charge in [-0.1, -0.05) is 12.1 Å². The number of imide groups is 1. The van der Waals surface area contributed by atoms with Gasteiger partial charge in [-0.05, 0) is 112 Å². The first-order valence-corrected chi connectivity index (χ1v) is 19.4. The van der Waals surface area contributed by atoms with E-state index in [2.05, 4.69) is 33.3 Å². The number of hydrogen-bond acceptors (Lipinski definition) is 8. The maximum Gasteiger partial charge on any atom is 0.329 e. The number of carbonyl (C=O) groups is 2. The average Bonchev–Trinajstić information content (AvgIpc) is 3.82. The molecule has 1 N–H and O–H groups in total. The number of carbonyl (C=O) groups excluding carboxylic acids is 2. The Kier molecular flexibility index (Phi) is 9.54. The third-order valence-electron chi connectivity index (χ3n) is 13.2. The summed E-state index contributed by atoms with van der Waals surface area (Å²) in [6, 6.07) is 10.2. The minimum atomic E-state index is -0.676. The van der Waals surface area contributed by atoms with Gasteiger partial charge in [-0.15, -0.1) is 0 Å². The number of rotatable bonds is 8. The molecular weight excluding hydrogens is 684 g/mol. The van der Waals surface area contributed by atoms with E-state index in [-0.39, 0.29) is 23.6 Å². The Morgan fingerprint density at radius 2 is 1.54 bits per heavy atom. The van der Waals surface area contributed by atoms with Gasteiger partial charge in [0.15, 0.2) is 0 Å². The van der Waals surface area contributed by atoms with Crippen LogP contribution in [-0.2, 0) is 30.2 Å². The van der Waals surface area contributed by atoms with Crippen LogP contribution in [0.3, 0.4) is 0 Å². The van der Waals surface area contributed by atoms with Crippen LogP contribution >= 0.6 is 0 Å². The molecule has 5 heterocycles. The molecule has 1 saturated carbocycles. The quantitative estimate of drug-likeness (QED) is 0.265. The van der Waals surface area contributed by atoms with Gasteiger partial charge < -0.3 is 18.9 Å². The molecule has 3 saturated heterocycles. The number of nitrogens with one attached hydrogen (secondary N) is 1. The molecule has 1 aliphatic carbocycles. The standard InChI is InChI=1S/C42H52N6O6/c1-24-25(2)41(51)44(3)22-32(24)27-18-36(53-5)33(37(19-27)54-6)23-46-20-28-16-30(17-29(28)21-46)47-14-12-26(13-15-47)31-8-7-9-34-39(31)45(4)42(52)48(34)35-10-11-38(49)43-40(35)50/h7-9,18-19,22,26,28-30,35H,10-17,20-21,23H2,1-6H3,(H,43,49,50). The average molecular weight is 737 g/mol. The van der Waals surface area contributed by atoms with Crippen molar-refractivity contribution in [3.63, 3.8) is 0 Å². The summed E-state index contributed by atoms with van der Waals surface area (Å²) in [4.78, 5) is 55.8. The van der Waals surface area contributed by atoms with E-state index in [1.165, 1.54) is 18.4 Å². The molecule has 4 aromatic rings. The Morgan fingerprint density at radius 1 is 0.870 bits per heavy atom. The molecule has 8 rings (SSSR count). The zero-order valence-corrected chi connectivity index (χ0v) is 32.3. The lowest BCUT2D eigenvalue weighted by atomic mass is 9.87. The van der Waals surface area contributed by atoms with E-state index >= 15 is 0 Å². The molecule has 0 bridgehead atoms. The highest BCUT2D eigenvalue weighted by molar-refractivity contribution is 6.00. The Morgan fingerprint density at radius 3 is 2.17 bits per heavy atom. The molecule has 286 valence electrons. The van der Waals surface area contributed by atoms with Crippen molar-refractivity contribution in [1.29, 1.82) is 0 Å². The van der Waals surface area contributed by atoms with Crippen molar-refractivity contribution in [2.45, 2.75) is 76.9 Å². The van der Waals surface area contributed by atoms with Crippen LogP contribution in [0.4, 0.5) is 0 Å². The Hall–Kier alpha value is -4.68. The van der Waals surface area contributed by atoms with Gasteiger partial charge in [-0.2, -0.15) is 0 Å². The second-order valence-electron chi connectivity index (χ2n) is 16.1. The van der Waals surface area contributed by atoms with Crippen LogP contribution in [0.1, 0.15) is 72.7 Å². The molecule has 3 unspecified atom stereocenters. The molecule has 2 aromatic heterocycles. The number of aromatic nitrogens is 3. The zero-order valence-electron chi connectivity index (χ0n) is 32.3. The number of imidazole rings is 1. The monoisotopic (exact) mass is 736 g/mol. The smallest absolute Gasteiger partial charge is 0.329 e. The zero-order chi connectivity index (χ0) is 38.0. The summed E-state index contributed by atoms with van der Waals surface area (Å²) in [5.74, 6) is 2.58. The minimum Gasteiger partial charge on any atom is -0.496 e. The number of ether oxygens (including phenoxy) is 2. The van der Waals surface area contributed by atoms with E-state index in [1.807, 2.05) is 32.2 Å². The van der Waals surface area contributed by atoms with E-state index in [0.29, 0.717) is 30.2 Å². The van der Waals surface area contributed by atoms with E-state index in [1.54, 1.807) is 42.0 Å². The Labute approximate surface area is 315 Å². The number of fused-ring (bicyclic) bond motifs is 2. The predicted octanol–water partition coefficient (Wildman–Crippen LogP) is 4.41. The van der Waals surface area contributed by atoms with Crippen LogP contribution in [0.2, 0.25) is 0 Å². The summed E-state index contributed by atoms with van der Waals surface area (Å²) < 4.78 is 16.8. The molecule has 3 aliphatic heterocycles. The minimum absolute atomic E-state index is 0.0153. The van der Waals surface area contributed by atoms with Crippen LogP contribution < -0.4 is 26.0 Å². The molecule has 2 aromatic carbocycles. The highest BCUT2D eigenvalue weighted by atomic mass is 16.5. The molecule has 54 heavy (non-hydrogen) atoms. The SMILES string of the molecule is COc1cc(-c2cn(C)c(=O)c(C)c2C)cc(OC)c1CN1CC2CC(N3CCC(c4cccc5c4n(C)c(=O)n5C4CCC(=O)NC4=O)CC3)CC2C1. The highest BCUT2D eigenvalue weighted by Gasteiger charge is 2.44. The summed E-state index contributed by atoms with van der Waals surface area (Å²) >= 11 is 0. The number of pyridine rings is 1. The number of hydrogen-bond donors (Lipinski definition) is 1. The molecule has 4 aliphatic rings. The predicted molar refractivity (Wildman–Crippen MR) is 207 cm³/mol. The first-order chi connectivity index (χ1) is 26.0. The van der Waals surface area contributed by atoms with Gasteiger partial charge in [0, 0.05) is 63.5 Å². The maximum atomic E-state index is 13.5. The van der Waals surface area contributed by atoms with Crippen LogP contribution in [0.25, 0.3) is 22.2 Å². The van der Waals surface area contributed by atoms with Gasteiger partial charge in [-0.3, -0.25) is 33.7 Å². The molecule has 0 spiro atoms. The van der Waals surface area contributed by atoms with Crippen molar-refractivity contribution in [1.82, 2.24) is 28.8 Å². The van der Waals surface area contributed by atoms with Crippen LogP contribution in [-0.4, -0.2) is 81.8 Å². The number of benzene rings is 2. The van der Waals surface area contributed by atoms with E-state index in [4.69, 9.17) is 9.47 Å². The normalized spacial score (nSPS) is 24.0. The lowest BCUT2D eigenvalue weighted by Gasteiger charge is -2.37. The van der Waals surface area contributed by atoms with Crippen molar-refractivity contribution in [2.24, 2.45) is 25.9 Å². The lowest BCUT2D eigenvalue weighted by Crippen LogP contribution is -2.44. The largest absolute Gasteiger partial charge is 0.496 e. The third-order valence-corrected chi connectivity index (χ3v) is 13.2. The number of likely N-dealkylation sites (tertiary alicyclic amines) is 2. The lowest BCUT2D eigenvalue weighted by molar-refractivity contribution is -0.135. The first kappa shape index (κ1) is 36.3. The van der Waals surface area contributed by atoms with E-state index in [0.717, 1.165) is 95.9 Å². The summed E-state index contributed by atoms with van der Waals surface area (Å²) in [5.41, 5.74) is 7.39. The van der Waals surface area contributed by atoms with Crippen molar-refractivity contribution in [2.75, 3.05) is 40.4 Å². The van der Waals surface area contributed by atoms with Crippen molar-refractivity contribution in [3.05, 3.63) is 79.6 Å². The van der Waals surface area contributed by atoms with Crippen molar-refractivity contribution in [3.8, 4) is 22.6 Å². The maximum absolute atomic E-state index is 13.5. The molecule has 4 fully saturated rings. The number of para-hydroxylation sites is 1. The van der Waals surface area contributed by atoms with Gasteiger partial charge in [0.2, 0.25) is 11.8 Å². The summed E-state index contributed by atoms with van der Waals surface area (Å²) in [5, 5.41) is 2.41. The Balaban J connectivity index is 0.916. The number of nitrogens with zero attached hydrogens (tertiary/aromatic N) is 5. The van der Waals surface area contributed by atoms with E-state index < -0.39 is 11.9 Å². The fraction of sp³-hybridized carbons (Fsp3) is 0.524. The van der Waals surface area contributed by atoms with Crippen LogP contribution in [0.15, 0.2) is 46.1 Å². The molecule has 12 nitrogen and oxygen atoms in total. The summed E-state index contributed by atoms with van der Waals surface area (Å²) in [6.07, 6.45) is 6.95. The molecule has 0 radical (unpaired) electrons. The van der Waals surface area contributed by atoms with E-state index in [9.17, 15) is 19.2 Å². The second-order valence-corrected chi connectivity index (χ2v) is 16.1. The van der Waals surface area contributed by atoms with Gasteiger partial charge in [0.25, 0.3) is 5.56 Å². The fourth-order valence-electron chi connectivity index (χ4n) is 10.2. The number of methoxy groups -OCH3 is 2. The van der Waals surface area contributed by atoms with Gasteiger partial charge in [0.05, 0.1) is 30.8 Å². The van der Waals surface area contributed by atoms with Crippen molar-refractivity contribution < 1.29 is 19.1 Å². The number of piperidine rings is 2. The Bertz CT molecular complexity index is 2220. The molecule has 2 amide bonds. The second kappa shape index (κ2) is 14.2. The molecule has 3 atom stereocenters. The fourth-order valence-corrected chi connectivity index (χ4v) is 10.2. The third kappa shape index (κ3) is 6.17. The van der Waals surface area contributed by atoms with Gasteiger partial charge in [-0.25, -0.2) is 4.79 Å². The summed E-state index contributed by atoms with van der Waals surface area (Å²) in [6.45, 7) is 8.82. The molecule has 12 heteroatoms. The first-order valence-electron chi connectivity index (χ1n) is 19.4. The topological polar surface area (TPSA) is 120 Å². The number of aryl methyl sites for hydroxylation is 2. The highest BCUT2D eigenvalue weighted by Crippen LogP contribution is 2.44. The molecular formula is C42H52N6O6. The van der Waals surface area contributed by atoms with Gasteiger partial charge in [0.1, 0.15) is 17.5 Å².